The highest BCUT2D eigenvalue weighted by Crippen LogP contribution is 1.93. The van der Waals surface area contributed by atoms with Crippen LogP contribution in [0.2, 0.25) is 0 Å². The number of hydroxylamine groups is 1. The predicted octanol–water partition coefficient (Wildman–Crippen LogP) is 0.397. The summed E-state index contributed by atoms with van der Waals surface area (Å²) in [6, 6.07) is 0. The van der Waals surface area contributed by atoms with Crippen LogP contribution in [0.5, 0.6) is 0 Å². The Morgan fingerprint density at radius 1 is 1.31 bits per heavy atom. The molecular weight excluding hydrogens is 174 g/mol. The van der Waals surface area contributed by atoms with Crippen LogP contribution >= 0.6 is 0 Å². The molecule has 0 heterocycles. The fourth-order valence-corrected chi connectivity index (χ4v) is 0.669. The molecule has 0 aromatic carbocycles. The number of hydrogen-bond acceptors (Lipinski definition) is 4. The van der Waals surface area contributed by atoms with Crippen LogP contribution in [0.1, 0.15) is 26.2 Å². The van der Waals surface area contributed by atoms with Crippen molar-refractivity contribution >= 4 is 11.9 Å². The molecule has 0 saturated carbocycles. The van der Waals surface area contributed by atoms with Crippen molar-refractivity contribution in [1.82, 2.24) is 5.48 Å². The van der Waals surface area contributed by atoms with Gasteiger partial charge in [-0.1, -0.05) is 6.92 Å². The Hall–Kier alpha value is -1.10. The van der Waals surface area contributed by atoms with E-state index in [1.807, 2.05) is 6.92 Å². The number of amides is 1. The fraction of sp³-hybridized carbons (Fsp3) is 0.750. The number of carbonyl (C=O) groups is 2. The van der Waals surface area contributed by atoms with Gasteiger partial charge in [0.1, 0.15) is 0 Å². The summed E-state index contributed by atoms with van der Waals surface area (Å²) >= 11 is 0. The minimum absolute atomic E-state index is 0.0925. The Morgan fingerprint density at radius 2 is 2.00 bits per heavy atom. The van der Waals surface area contributed by atoms with Gasteiger partial charge in [-0.2, -0.15) is 0 Å². The summed E-state index contributed by atoms with van der Waals surface area (Å²) in [6.07, 6.45) is 0.974. The van der Waals surface area contributed by atoms with E-state index in [1.54, 1.807) is 0 Å². The van der Waals surface area contributed by atoms with Crippen molar-refractivity contribution < 1.29 is 19.2 Å². The maximum absolute atomic E-state index is 10.9. The van der Waals surface area contributed by atoms with Crippen molar-refractivity contribution in [3.05, 3.63) is 0 Å². The van der Waals surface area contributed by atoms with Gasteiger partial charge in [0.15, 0.2) is 0 Å². The summed E-state index contributed by atoms with van der Waals surface area (Å²) in [4.78, 5) is 26.0. The van der Waals surface area contributed by atoms with Gasteiger partial charge >= 0.3 is 5.97 Å². The van der Waals surface area contributed by atoms with Gasteiger partial charge < -0.3 is 4.74 Å². The predicted molar refractivity (Wildman–Crippen MR) is 45.6 cm³/mol. The first-order chi connectivity index (χ1) is 6.20. The summed E-state index contributed by atoms with van der Waals surface area (Å²) in [5.41, 5.74) is 2.11. The Morgan fingerprint density at radius 3 is 2.54 bits per heavy atom. The van der Waals surface area contributed by atoms with Crippen molar-refractivity contribution in [2.24, 2.45) is 0 Å². The molecular formula is C8H15NO4. The molecule has 0 aromatic heterocycles. The summed E-state index contributed by atoms with van der Waals surface area (Å²) in [5.74, 6) is -0.677. The molecule has 0 bridgehead atoms. The molecule has 0 fully saturated rings. The summed E-state index contributed by atoms with van der Waals surface area (Å²) in [7, 11) is 1.34. The molecule has 0 saturated heterocycles. The largest absolute Gasteiger partial charge is 0.466 e. The van der Waals surface area contributed by atoms with Gasteiger partial charge in [-0.05, 0) is 6.42 Å². The van der Waals surface area contributed by atoms with Crippen LogP contribution in [0, 0.1) is 0 Å². The first-order valence-corrected chi connectivity index (χ1v) is 4.18. The maximum Gasteiger partial charge on any atom is 0.306 e. The molecule has 0 radical (unpaired) electrons. The number of esters is 1. The number of hydrogen-bond donors (Lipinski definition) is 1. The number of ether oxygens (including phenoxy) is 1. The van der Waals surface area contributed by atoms with Gasteiger partial charge in [0.05, 0.1) is 20.1 Å². The molecule has 5 nitrogen and oxygen atoms in total. The van der Waals surface area contributed by atoms with Crippen LogP contribution in [0.4, 0.5) is 0 Å². The van der Waals surface area contributed by atoms with Gasteiger partial charge in [-0.3, -0.25) is 14.4 Å². The van der Waals surface area contributed by atoms with Gasteiger partial charge in [0.25, 0.3) is 0 Å². The highest BCUT2D eigenvalue weighted by atomic mass is 16.6. The zero-order chi connectivity index (χ0) is 10.1. The summed E-state index contributed by atoms with van der Waals surface area (Å²) in [6.45, 7) is 2.32. The minimum Gasteiger partial charge on any atom is -0.466 e. The van der Waals surface area contributed by atoms with E-state index in [1.165, 1.54) is 7.11 Å². The lowest BCUT2D eigenvalue weighted by Crippen LogP contribution is -2.22. The van der Waals surface area contributed by atoms with E-state index in [0.717, 1.165) is 6.42 Å². The van der Waals surface area contributed by atoms with Gasteiger partial charge in [0.2, 0.25) is 5.91 Å². The molecule has 0 spiro atoms. The van der Waals surface area contributed by atoms with Crippen LogP contribution in [0.3, 0.4) is 0 Å². The van der Waals surface area contributed by atoms with E-state index in [4.69, 9.17) is 4.74 Å². The first-order valence-electron chi connectivity index (χ1n) is 4.18. The fourth-order valence-electron chi connectivity index (χ4n) is 0.669. The molecule has 0 aliphatic heterocycles. The van der Waals surface area contributed by atoms with Crippen molar-refractivity contribution in [3.63, 3.8) is 0 Å². The standard InChI is InChI=1S/C8H15NO4/c1-3-6-13-8(11)5-4-7(10)9-12-2/h3-6H2,1-2H3,(H,9,10). The second-order valence-corrected chi connectivity index (χ2v) is 2.45. The molecule has 76 valence electrons. The van der Waals surface area contributed by atoms with Crippen molar-refractivity contribution in [2.45, 2.75) is 26.2 Å². The number of rotatable bonds is 6. The second-order valence-electron chi connectivity index (χ2n) is 2.45. The van der Waals surface area contributed by atoms with E-state index >= 15 is 0 Å². The van der Waals surface area contributed by atoms with E-state index in [2.05, 4.69) is 10.3 Å². The molecule has 13 heavy (non-hydrogen) atoms. The smallest absolute Gasteiger partial charge is 0.306 e. The SMILES string of the molecule is CCCOC(=O)CCC(=O)NOC. The van der Waals surface area contributed by atoms with E-state index in [0.29, 0.717) is 6.61 Å². The average molecular weight is 189 g/mol. The molecule has 0 rings (SSSR count). The van der Waals surface area contributed by atoms with Gasteiger partial charge in [-0.15, -0.1) is 0 Å². The topological polar surface area (TPSA) is 64.6 Å². The van der Waals surface area contributed by atoms with Gasteiger partial charge in [-0.25, -0.2) is 5.48 Å². The quantitative estimate of drug-likeness (QED) is 0.485. The van der Waals surface area contributed by atoms with Crippen LogP contribution in [-0.2, 0) is 19.2 Å². The number of carbonyl (C=O) groups excluding carboxylic acids is 2. The van der Waals surface area contributed by atoms with Gasteiger partial charge in [0, 0.05) is 6.42 Å². The first kappa shape index (κ1) is 11.9. The van der Waals surface area contributed by atoms with E-state index < -0.39 is 0 Å². The second kappa shape index (κ2) is 7.54. The van der Waals surface area contributed by atoms with Crippen molar-refractivity contribution in [2.75, 3.05) is 13.7 Å². The minimum atomic E-state index is -0.354. The number of nitrogens with one attached hydrogen (secondary N) is 1. The zero-order valence-corrected chi connectivity index (χ0v) is 7.96. The normalized spacial score (nSPS) is 9.38. The van der Waals surface area contributed by atoms with Crippen molar-refractivity contribution in [1.29, 1.82) is 0 Å². The lowest BCUT2D eigenvalue weighted by atomic mass is 10.3. The Kier molecular flexibility index (Phi) is 6.91. The Labute approximate surface area is 77.3 Å². The molecule has 0 atom stereocenters. The highest BCUT2D eigenvalue weighted by Gasteiger charge is 2.06. The third kappa shape index (κ3) is 7.27. The molecule has 5 heteroatoms. The molecule has 0 aliphatic carbocycles. The van der Waals surface area contributed by atoms with E-state index in [9.17, 15) is 9.59 Å². The Bertz CT molecular complexity index is 170. The third-order valence-corrected chi connectivity index (χ3v) is 1.24. The Balaban J connectivity index is 3.40. The lowest BCUT2D eigenvalue weighted by Gasteiger charge is -2.02. The highest BCUT2D eigenvalue weighted by molar-refractivity contribution is 5.80. The molecule has 0 aliphatic rings. The molecule has 0 aromatic rings. The molecule has 1 amide bonds. The van der Waals surface area contributed by atoms with Crippen LogP contribution in [0.25, 0.3) is 0 Å². The van der Waals surface area contributed by atoms with Crippen LogP contribution in [0.15, 0.2) is 0 Å². The van der Waals surface area contributed by atoms with Crippen LogP contribution in [-0.4, -0.2) is 25.6 Å². The van der Waals surface area contributed by atoms with Crippen molar-refractivity contribution in [3.8, 4) is 0 Å². The summed E-state index contributed by atoms with van der Waals surface area (Å²) < 4.78 is 4.76. The third-order valence-electron chi connectivity index (χ3n) is 1.24. The maximum atomic E-state index is 10.9. The average Bonchev–Trinajstić information content (AvgIpc) is 2.12. The van der Waals surface area contributed by atoms with Crippen LogP contribution < -0.4 is 5.48 Å². The lowest BCUT2D eigenvalue weighted by molar-refractivity contribution is -0.146. The molecule has 1 N–H and O–H groups in total. The monoisotopic (exact) mass is 189 g/mol. The summed E-state index contributed by atoms with van der Waals surface area (Å²) in [5, 5.41) is 0. The zero-order valence-electron chi connectivity index (χ0n) is 7.96. The van der Waals surface area contributed by atoms with E-state index in [-0.39, 0.29) is 24.7 Å². The molecule has 0 unspecified atom stereocenters.